The van der Waals surface area contributed by atoms with Gasteiger partial charge in [0.1, 0.15) is 12.2 Å². The highest BCUT2D eigenvalue weighted by Crippen LogP contribution is 2.14. The molecule has 0 spiro atoms. The molecule has 340 valence electrons. The molecular formula is C40H79NO16. The number of esters is 1. The fourth-order valence-electron chi connectivity index (χ4n) is 4.41. The standard InChI is InChI=1S/C40H79NO16/c1-7-9-10-37(8-2)38(42)56-36-35-55-34-33-54-32-31-53-30-29-52-28-27-51-26-25-50-24-23-49-22-21-48-20-19-47-18-17-46-16-15-45-14-13-44-12-11-41(6)39(43)57-40(3,4)5/h37H,7-36H2,1-6H3. The number of rotatable bonds is 44. The van der Waals surface area contributed by atoms with Gasteiger partial charge in [0, 0.05) is 13.6 Å². The number of unbranched alkanes of at least 4 members (excludes halogenated alkanes) is 1. The summed E-state index contributed by atoms with van der Waals surface area (Å²) in [5.74, 6) is -0.134. The molecule has 57 heavy (non-hydrogen) atoms. The number of hydrogen-bond donors (Lipinski definition) is 0. The Bertz CT molecular complexity index is 866. The SMILES string of the molecule is CCCCC(CC)C(=O)OCCOCCOCCOCCOCCOCCOCCOCCOCCOCCOCCOCCOCCN(C)C(=O)OC(C)(C)C. The zero-order valence-electron chi connectivity index (χ0n) is 36.3. The number of hydrogen-bond acceptors (Lipinski definition) is 16. The van der Waals surface area contributed by atoms with E-state index in [2.05, 4.69) is 6.92 Å². The third kappa shape index (κ3) is 42.2. The lowest BCUT2D eigenvalue weighted by Crippen LogP contribution is -2.36. The Morgan fingerprint density at radius 2 is 0.737 bits per heavy atom. The molecule has 0 aliphatic heterocycles. The number of carbonyl (C=O) groups excluding carboxylic acids is 2. The molecule has 1 unspecified atom stereocenters. The number of nitrogens with zero attached hydrogens (tertiary/aromatic N) is 1. The monoisotopic (exact) mass is 830 g/mol. The zero-order chi connectivity index (χ0) is 41.9. The molecule has 0 aliphatic carbocycles. The van der Waals surface area contributed by atoms with Crippen molar-refractivity contribution < 1.29 is 75.9 Å². The van der Waals surface area contributed by atoms with Gasteiger partial charge in [-0.2, -0.15) is 0 Å². The first-order chi connectivity index (χ1) is 27.7. The van der Waals surface area contributed by atoms with Gasteiger partial charge in [0.05, 0.1) is 164 Å². The van der Waals surface area contributed by atoms with Crippen molar-refractivity contribution >= 4 is 12.1 Å². The second-order valence-corrected chi connectivity index (χ2v) is 13.7. The molecule has 17 nitrogen and oxygen atoms in total. The van der Waals surface area contributed by atoms with Crippen LogP contribution in [-0.2, 0) is 71.1 Å². The first-order valence-corrected chi connectivity index (χ1v) is 20.7. The van der Waals surface area contributed by atoms with Gasteiger partial charge >= 0.3 is 12.1 Å². The summed E-state index contributed by atoms with van der Waals surface area (Å²) >= 11 is 0. The van der Waals surface area contributed by atoms with Crippen molar-refractivity contribution in [1.82, 2.24) is 4.90 Å². The molecule has 0 fully saturated rings. The first-order valence-electron chi connectivity index (χ1n) is 20.7. The van der Waals surface area contributed by atoms with Crippen molar-refractivity contribution in [2.45, 2.75) is 65.9 Å². The minimum atomic E-state index is -0.515. The zero-order valence-corrected chi connectivity index (χ0v) is 36.3. The Morgan fingerprint density at radius 3 is 1.00 bits per heavy atom. The van der Waals surface area contributed by atoms with Gasteiger partial charge in [-0.1, -0.05) is 26.7 Å². The van der Waals surface area contributed by atoms with Crippen LogP contribution in [0, 0.1) is 5.92 Å². The Morgan fingerprint density at radius 1 is 0.456 bits per heavy atom. The molecule has 0 saturated carbocycles. The van der Waals surface area contributed by atoms with E-state index >= 15 is 0 Å². The third-order valence-corrected chi connectivity index (χ3v) is 7.57. The number of likely N-dealkylation sites (N-methyl/N-ethyl adjacent to an activating group) is 1. The molecule has 0 heterocycles. The highest BCUT2D eigenvalue weighted by molar-refractivity contribution is 5.72. The largest absolute Gasteiger partial charge is 0.463 e. The van der Waals surface area contributed by atoms with Gasteiger partial charge < -0.3 is 71.2 Å². The molecule has 0 bridgehead atoms. The molecule has 0 saturated heterocycles. The molecule has 0 aliphatic rings. The van der Waals surface area contributed by atoms with Crippen molar-refractivity contribution in [2.24, 2.45) is 5.92 Å². The summed E-state index contributed by atoms with van der Waals surface area (Å²) in [5, 5.41) is 0. The minimum absolute atomic E-state index is 0.00940. The van der Waals surface area contributed by atoms with E-state index in [0.717, 1.165) is 25.7 Å². The maximum atomic E-state index is 12.0. The van der Waals surface area contributed by atoms with Crippen molar-refractivity contribution in [3.8, 4) is 0 Å². The van der Waals surface area contributed by atoms with Gasteiger partial charge in [-0.25, -0.2) is 4.79 Å². The minimum Gasteiger partial charge on any atom is -0.463 e. The normalized spacial score (nSPS) is 12.2. The quantitative estimate of drug-likeness (QED) is 0.0642. The van der Waals surface area contributed by atoms with Crippen molar-refractivity contribution in [2.75, 3.05) is 179 Å². The van der Waals surface area contributed by atoms with Crippen LogP contribution in [0.5, 0.6) is 0 Å². The summed E-state index contributed by atoms with van der Waals surface area (Å²) in [5.41, 5.74) is -0.515. The summed E-state index contributed by atoms with van der Waals surface area (Å²) in [7, 11) is 1.68. The van der Waals surface area contributed by atoms with E-state index in [1.165, 1.54) is 4.90 Å². The van der Waals surface area contributed by atoms with E-state index in [-0.39, 0.29) is 24.6 Å². The second kappa shape index (κ2) is 42.4. The molecule has 17 heteroatoms. The molecular weight excluding hydrogens is 750 g/mol. The predicted octanol–water partition coefficient (Wildman–Crippen LogP) is 3.81. The summed E-state index contributed by atoms with van der Waals surface area (Å²) < 4.78 is 76.4. The predicted molar refractivity (Wildman–Crippen MR) is 213 cm³/mol. The van der Waals surface area contributed by atoms with Crippen LogP contribution in [-0.4, -0.2) is 201 Å². The van der Waals surface area contributed by atoms with Gasteiger partial charge in [-0.15, -0.1) is 0 Å². The summed E-state index contributed by atoms with van der Waals surface area (Å²) in [6.45, 7) is 21.6. The van der Waals surface area contributed by atoms with E-state index in [0.29, 0.717) is 165 Å². The topological polar surface area (TPSA) is 167 Å². The number of ether oxygens (including phenoxy) is 14. The third-order valence-electron chi connectivity index (χ3n) is 7.57. The van der Waals surface area contributed by atoms with Crippen LogP contribution in [0.1, 0.15) is 60.3 Å². The van der Waals surface area contributed by atoms with Gasteiger partial charge in [-0.05, 0) is 33.6 Å². The Hall–Kier alpha value is -1.74. The molecule has 1 amide bonds. The van der Waals surface area contributed by atoms with E-state index < -0.39 is 5.60 Å². The molecule has 0 radical (unpaired) electrons. The van der Waals surface area contributed by atoms with Crippen LogP contribution in [0.25, 0.3) is 0 Å². The smallest absolute Gasteiger partial charge is 0.410 e. The molecule has 0 aromatic rings. The lowest BCUT2D eigenvalue weighted by Gasteiger charge is -2.24. The number of amides is 1. The summed E-state index contributed by atoms with van der Waals surface area (Å²) in [6.07, 6.45) is 3.45. The van der Waals surface area contributed by atoms with E-state index in [4.69, 9.17) is 66.3 Å². The highest BCUT2D eigenvalue weighted by Gasteiger charge is 2.19. The fourth-order valence-corrected chi connectivity index (χ4v) is 4.41. The van der Waals surface area contributed by atoms with E-state index in [1.54, 1.807) is 7.05 Å². The van der Waals surface area contributed by atoms with Crippen molar-refractivity contribution in [3.05, 3.63) is 0 Å². The van der Waals surface area contributed by atoms with Crippen LogP contribution in [0.2, 0.25) is 0 Å². The summed E-state index contributed by atoms with van der Waals surface area (Å²) in [4.78, 5) is 25.4. The van der Waals surface area contributed by atoms with E-state index in [1.807, 2.05) is 27.7 Å². The first kappa shape index (κ1) is 55.3. The van der Waals surface area contributed by atoms with E-state index in [9.17, 15) is 9.59 Å². The van der Waals surface area contributed by atoms with Crippen molar-refractivity contribution in [3.63, 3.8) is 0 Å². The van der Waals surface area contributed by atoms with Gasteiger partial charge in [-0.3, -0.25) is 4.79 Å². The number of carbonyl (C=O) groups is 2. The molecule has 0 aromatic carbocycles. The Labute approximate surface area is 343 Å². The molecule has 0 rings (SSSR count). The fraction of sp³-hybridized carbons (Fsp3) is 0.950. The highest BCUT2D eigenvalue weighted by atomic mass is 16.6. The van der Waals surface area contributed by atoms with Crippen LogP contribution < -0.4 is 0 Å². The molecule has 0 aromatic heterocycles. The molecule has 1 atom stereocenters. The summed E-state index contributed by atoms with van der Waals surface area (Å²) in [6, 6.07) is 0. The average molecular weight is 830 g/mol. The van der Waals surface area contributed by atoms with Crippen LogP contribution in [0.15, 0.2) is 0 Å². The van der Waals surface area contributed by atoms with Gasteiger partial charge in [0.25, 0.3) is 0 Å². The van der Waals surface area contributed by atoms with Crippen LogP contribution >= 0.6 is 0 Å². The second-order valence-electron chi connectivity index (χ2n) is 13.7. The lowest BCUT2D eigenvalue weighted by molar-refractivity contribution is -0.150. The van der Waals surface area contributed by atoms with Crippen LogP contribution in [0.3, 0.4) is 0 Å². The Kier molecular flexibility index (Phi) is 41.1. The molecule has 0 N–H and O–H groups in total. The Balaban J connectivity index is 3.19. The van der Waals surface area contributed by atoms with Crippen molar-refractivity contribution in [1.29, 1.82) is 0 Å². The maximum Gasteiger partial charge on any atom is 0.410 e. The maximum absolute atomic E-state index is 12.0. The van der Waals surface area contributed by atoms with Crippen LogP contribution in [0.4, 0.5) is 4.79 Å². The average Bonchev–Trinajstić information content (AvgIpc) is 3.18. The van der Waals surface area contributed by atoms with Gasteiger partial charge in [0.2, 0.25) is 0 Å². The lowest BCUT2D eigenvalue weighted by atomic mass is 10.00. The van der Waals surface area contributed by atoms with Gasteiger partial charge in [0.15, 0.2) is 0 Å².